The smallest absolute Gasteiger partial charge is 0.0984 e. The van der Waals surface area contributed by atoms with Gasteiger partial charge in [-0.1, -0.05) is 181 Å². The molecule has 0 unspecified atom stereocenters. The number of rotatable bonds is 3. The van der Waals surface area contributed by atoms with Gasteiger partial charge in [-0.2, -0.15) is 0 Å². The third kappa shape index (κ3) is 5.43. The minimum absolute atomic E-state index is 0.681. The molecule has 0 heterocycles. The zero-order valence-corrected chi connectivity index (χ0v) is 26.0. The topological polar surface area (TPSA) is 0 Å². The molecule has 0 N–H and O–H groups in total. The van der Waals surface area contributed by atoms with Gasteiger partial charge in [-0.3, -0.25) is 0 Å². The van der Waals surface area contributed by atoms with Crippen molar-refractivity contribution in [3.8, 4) is 0 Å². The second-order valence-electron chi connectivity index (χ2n) is 4.47. The molecule has 24 heavy (non-hydrogen) atoms. The Bertz CT molecular complexity index is 569. The first kappa shape index (κ1) is 24.8. The number of benzene rings is 1. The number of halogens is 9. The van der Waals surface area contributed by atoms with Crippen LogP contribution in [0.5, 0.6) is 0 Å². The Morgan fingerprint density at radius 3 is 0.708 bits per heavy atom. The van der Waals surface area contributed by atoms with Gasteiger partial charge in [0.15, 0.2) is 6.43 Å². The van der Waals surface area contributed by atoms with E-state index in [1.165, 1.54) is 0 Å². The highest BCUT2D eigenvalue weighted by Crippen LogP contribution is 2.59. The Labute approximate surface area is 217 Å². The Morgan fingerprint density at radius 1 is 0.458 bits per heavy atom. The minimum atomic E-state index is -0.681. The van der Waals surface area contributed by atoms with E-state index in [4.69, 9.17) is 0 Å². The van der Waals surface area contributed by atoms with Gasteiger partial charge >= 0.3 is 0 Å². The molecule has 0 nitrogen and oxygen atoms in total. The lowest BCUT2D eigenvalue weighted by atomic mass is 9.88. The summed E-state index contributed by atoms with van der Waals surface area (Å²) in [4.78, 5) is 0. The van der Waals surface area contributed by atoms with E-state index >= 15 is 0 Å². The van der Waals surface area contributed by atoms with Crippen LogP contribution in [0.25, 0.3) is 18.2 Å². The summed E-state index contributed by atoms with van der Waals surface area (Å²) in [5.41, 5.74) is 5.43. The lowest BCUT2D eigenvalue weighted by Crippen LogP contribution is -2.19. The monoisotopic (exact) mass is 899 g/mol. The molecule has 0 aliphatic carbocycles. The standard InChI is InChI=1S/C15H9Br9/c1-4-7-10(13(16,17)18)8(5-2)12(15(22,23)24)9(6-3)11(7)14(19,20)21/h4-6H,1-3H2. The Balaban J connectivity index is 4.40. The molecular weight excluding hydrogens is 899 g/mol. The van der Waals surface area contributed by atoms with Gasteiger partial charge in [0.1, 0.15) is 0 Å². The highest BCUT2D eigenvalue weighted by molar-refractivity contribution is 9.39. The van der Waals surface area contributed by atoms with Crippen LogP contribution < -0.4 is 0 Å². The average molecular weight is 908 g/mol. The number of hydrogen-bond donors (Lipinski definition) is 0. The van der Waals surface area contributed by atoms with Gasteiger partial charge in [0, 0.05) is 16.7 Å². The lowest BCUT2D eigenvalue weighted by Gasteiger charge is -2.32. The maximum Gasteiger partial charge on any atom is 0.161 e. The zero-order chi connectivity index (χ0) is 19.1. The van der Waals surface area contributed by atoms with Crippen molar-refractivity contribution in [1.82, 2.24) is 0 Å². The van der Waals surface area contributed by atoms with Crippen molar-refractivity contribution < 1.29 is 0 Å². The third-order valence-electron chi connectivity index (χ3n) is 3.08. The van der Waals surface area contributed by atoms with Crippen LogP contribution in [0.3, 0.4) is 0 Å². The molecule has 0 radical (unpaired) electrons. The molecule has 1 aromatic carbocycles. The van der Waals surface area contributed by atoms with Gasteiger partial charge in [-0.15, -0.1) is 0 Å². The van der Waals surface area contributed by atoms with Crippen LogP contribution in [0.2, 0.25) is 0 Å². The molecular formula is C15H9Br9. The molecule has 0 bridgehead atoms. The molecule has 132 valence electrons. The van der Waals surface area contributed by atoms with Gasteiger partial charge in [0.25, 0.3) is 0 Å². The van der Waals surface area contributed by atoms with Crippen molar-refractivity contribution in [2.45, 2.75) is 6.43 Å². The summed E-state index contributed by atoms with van der Waals surface area (Å²) in [6.45, 7) is 12.0. The maximum absolute atomic E-state index is 3.99. The molecule has 0 atom stereocenters. The Hall–Kier alpha value is 2.76. The predicted molar refractivity (Wildman–Crippen MR) is 142 cm³/mol. The van der Waals surface area contributed by atoms with Crippen LogP contribution in [-0.4, -0.2) is 0 Å². The molecule has 9 heteroatoms. The largest absolute Gasteiger partial charge is 0.161 e. The second kappa shape index (κ2) is 9.06. The van der Waals surface area contributed by atoms with Crippen LogP contribution in [0.1, 0.15) is 33.4 Å². The van der Waals surface area contributed by atoms with E-state index in [1.54, 1.807) is 18.2 Å². The van der Waals surface area contributed by atoms with E-state index in [0.717, 1.165) is 33.4 Å². The van der Waals surface area contributed by atoms with Crippen LogP contribution in [0.4, 0.5) is 0 Å². The number of hydrogen-bond acceptors (Lipinski definition) is 0. The average Bonchev–Trinajstić information content (AvgIpc) is 2.40. The van der Waals surface area contributed by atoms with Crippen LogP contribution >= 0.6 is 143 Å². The summed E-state index contributed by atoms with van der Waals surface area (Å²) in [6, 6.07) is 0. The molecule has 0 saturated heterocycles. The second-order valence-corrected chi connectivity index (χ2v) is 24.8. The Kier molecular flexibility index (Phi) is 9.36. The van der Waals surface area contributed by atoms with Gasteiger partial charge in [0.2, 0.25) is 0 Å². The van der Waals surface area contributed by atoms with Crippen LogP contribution in [-0.2, 0) is 6.43 Å². The zero-order valence-electron chi connectivity index (χ0n) is 11.8. The summed E-state index contributed by atoms with van der Waals surface area (Å²) in [5, 5.41) is 0. The van der Waals surface area contributed by atoms with Crippen molar-refractivity contribution in [3.05, 3.63) is 53.1 Å². The molecule has 1 aromatic rings. The fourth-order valence-electron chi connectivity index (χ4n) is 2.34. The van der Waals surface area contributed by atoms with Gasteiger partial charge in [0.05, 0.1) is 0 Å². The number of alkyl halides is 9. The fraction of sp³-hybridized carbons (Fsp3) is 0.200. The van der Waals surface area contributed by atoms with Crippen molar-refractivity contribution >= 4 is 162 Å². The molecule has 0 amide bonds. The molecule has 0 aliphatic rings. The van der Waals surface area contributed by atoms with Gasteiger partial charge in [-0.05, 0) is 16.7 Å². The predicted octanol–water partition coefficient (Wildman–Crippen LogP) is 10.5. The molecule has 0 spiro atoms. The first-order valence-electron chi connectivity index (χ1n) is 6.04. The molecule has 0 fully saturated rings. The molecule has 1 rings (SSSR count). The summed E-state index contributed by atoms with van der Waals surface area (Å²) in [7, 11) is 0. The highest BCUT2D eigenvalue weighted by Gasteiger charge is 2.40. The van der Waals surface area contributed by atoms with Crippen molar-refractivity contribution in [2.24, 2.45) is 0 Å². The van der Waals surface area contributed by atoms with Crippen molar-refractivity contribution in [2.75, 3.05) is 0 Å². The van der Waals surface area contributed by atoms with E-state index in [9.17, 15) is 0 Å². The minimum Gasteiger partial charge on any atom is -0.0984 e. The first-order chi connectivity index (χ1) is 10.7. The van der Waals surface area contributed by atoms with E-state index < -0.39 is 6.43 Å². The SMILES string of the molecule is C=Cc1c(C(Br)(Br)Br)c(C=C)c(C(Br)(Br)Br)c(C=C)c1C(Br)(Br)Br. The van der Waals surface area contributed by atoms with Crippen molar-refractivity contribution in [3.63, 3.8) is 0 Å². The Morgan fingerprint density at radius 2 is 0.625 bits per heavy atom. The third-order valence-corrected chi connectivity index (χ3v) is 6.65. The van der Waals surface area contributed by atoms with E-state index in [-0.39, 0.29) is 0 Å². The van der Waals surface area contributed by atoms with E-state index in [1.807, 2.05) is 0 Å². The lowest BCUT2D eigenvalue weighted by molar-refractivity contribution is 1.18. The summed E-state index contributed by atoms with van der Waals surface area (Å²) < 4.78 is -2.04. The maximum atomic E-state index is 3.99. The van der Waals surface area contributed by atoms with Gasteiger partial charge in [-0.25, -0.2) is 0 Å². The normalized spacial score (nSPS) is 12.9. The molecule has 0 aromatic heterocycles. The van der Waals surface area contributed by atoms with Crippen LogP contribution in [0.15, 0.2) is 19.7 Å². The quantitative estimate of drug-likeness (QED) is 0.265. The highest BCUT2D eigenvalue weighted by atomic mass is 80.0. The summed E-state index contributed by atoms with van der Waals surface area (Å²) >= 11 is 32.7. The first-order valence-corrected chi connectivity index (χ1v) is 13.2. The summed E-state index contributed by atoms with van der Waals surface area (Å²) in [5.74, 6) is 0. The van der Waals surface area contributed by atoms with E-state index in [0.29, 0.717) is 0 Å². The van der Waals surface area contributed by atoms with Crippen LogP contribution in [0, 0.1) is 0 Å². The molecule has 0 saturated carbocycles. The van der Waals surface area contributed by atoms with Gasteiger partial charge < -0.3 is 0 Å². The van der Waals surface area contributed by atoms with E-state index in [2.05, 4.69) is 163 Å². The van der Waals surface area contributed by atoms with Crippen molar-refractivity contribution in [1.29, 1.82) is 0 Å². The molecule has 0 aliphatic heterocycles. The fourth-order valence-corrected chi connectivity index (χ4v) is 6.18. The summed E-state index contributed by atoms with van der Waals surface area (Å²) in [6.07, 6.45) is 5.39.